The van der Waals surface area contributed by atoms with Gasteiger partial charge in [-0.1, -0.05) is 6.92 Å². The summed E-state index contributed by atoms with van der Waals surface area (Å²) in [5.74, 6) is -0.445. The molecule has 4 heterocycles. The van der Waals surface area contributed by atoms with Gasteiger partial charge in [-0.05, 0) is 55.2 Å². The number of nitrogens with zero attached hydrogens (tertiary/aromatic N) is 4. The Morgan fingerprint density at radius 2 is 1.72 bits per heavy atom. The summed E-state index contributed by atoms with van der Waals surface area (Å²) in [5.41, 5.74) is 2.23. The predicted molar refractivity (Wildman–Crippen MR) is 146 cm³/mol. The molecular formula is C29H36N6O4. The molecule has 3 amide bonds. The van der Waals surface area contributed by atoms with Crippen LogP contribution in [0.3, 0.4) is 0 Å². The van der Waals surface area contributed by atoms with Crippen LogP contribution in [-0.2, 0) is 9.59 Å². The van der Waals surface area contributed by atoms with Crippen molar-refractivity contribution >= 4 is 29.2 Å². The first kappa shape index (κ1) is 26.8. The number of amides is 3. The van der Waals surface area contributed by atoms with E-state index in [0.29, 0.717) is 43.5 Å². The van der Waals surface area contributed by atoms with Crippen molar-refractivity contribution in [3.8, 4) is 0 Å². The maximum Gasteiger partial charge on any atom is 0.254 e. The number of benzene rings is 1. The van der Waals surface area contributed by atoms with Gasteiger partial charge in [0.1, 0.15) is 6.04 Å². The highest BCUT2D eigenvalue weighted by Gasteiger charge is 2.51. The first-order valence-corrected chi connectivity index (χ1v) is 13.8. The monoisotopic (exact) mass is 532 g/mol. The highest BCUT2D eigenvalue weighted by Crippen LogP contribution is 2.31. The standard InChI is InChI=1S/C29H36N6O4/c1-20(6-12-32-28(38)21-2-4-23(5-3-21)33-16-13-31-14-17-33)18-26(37)34-15-9-24-27(34)25(36)19-35(24)29(39)22-7-10-30-11-8-22/h2-5,7-8,10-11,20,24,27,31H,6,9,12-19H2,1H3,(H,32,38). The number of hydrogen-bond donors (Lipinski definition) is 2. The molecule has 10 heteroatoms. The molecule has 3 aliphatic heterocycles. The Balaban J connectivity index is 1.08. The number of aromatic nitrogens is 1. The molecule has 0 spiro atoms. The third kappa shape index (κ3) is 5.95. The lowest BCUT2D eigenvalue weighted by Gasteiger charge is -2.29. The molecule has 39 heavy (non-hydrogen) atoms. The van der Waals surface area contributed by atoms with Crippen molar-refractivity contribution in [1.29, 1.82) is 0 Å². The third-order valence-electron chi connectivity index (χ3n) is 7.99. The lowest BCUT2D eigenvalue weighted by atomic mass is 10.0. The lowest BCUT2D eigenvalue weighted by Crippen LogP contribution is -2.44. The van der Waals surface area contributed by atoms with Gasteiger partial charge in [-0.2, -0.15) is 0 Å². The number of fused-ring (bicyclic) bond motifs is 1. The number of Topliss-reactive ketones (excluding diaryl/α,β-unsaturated/α-hetero) is 1. The van der Waals surface area contributed by atoms with Crippen molar-refractivity contribution in [1.82, 2.24) is 25.4 Å². The Hall–Kier alpha value is -3.79. The van der Waals surface area contributed by atoms with Crippen molar-refractivity contribution in [3.63, 3.8) is 0 Å². The number of carbonyl (C=O) groups is 4. The maximum absolute atomic E-state index is 13.1. The second kappa shape index (κ2) is 11.9. The zero-order chi connectivity index (χ0) is 27.4. The van der Waals surface area contributed by atoms with Crippen LogP contribution in [0.25, 0.3) is 0 Å². The first-order chi connectivity index (χ1) is 18.9. The van der Waals surface area contributed by atoms with E-state index in [1.165, 1.54) is 0 Å². The summed E-state index contributed by atoms with van der Waals surface area (Å²) in [6.45, 7) is 6.77. The van der Waals surface area contributed by atoms with Gasteiger partial charge >= 0.3 is 0 Å². The molecule has 1 aromatic heterocycles. The normalized spacial score (nSPS) is 21.6. The van der Waals surface area contributed by atoms with Gasteiger partial charge in [-0.25, -0.2) is 0 Å². The molecule has 3 fully saturated rings. The topological polar surface area (TPSA) is 115 Å². The van der Waals surface area contributed by atoms with Crippen LogP contribution in [0.4, 0.5) is 5.69 Å². The molecule has 3 aliphatic rings. The van der Waals surface area contributed by atoms with Crippen molar-refractivity contribution in [3.05, 3.63) is 59.9 Å². The van der Waals surface area contributed by atoms with E-state index in [1.807, 2.05) is 31.2 Å². The molecule has 0 bridgehead atoms. The van der Waals surface area contributed by atoms with E-state index in [-0.39, 0.29) is 42.0 Å². The van der Waals surface area contributed by atoms with Crippen LogP contribution in [0.15, 0.2) is 48.8 Å². The van der Waals surface area contributed by atoms with Crippen molar-refractivity contribution in [2.45, 2.75) is 38.3 Å². The quantitative estimate of drug-likeness (QED) is 0.527. The first-order valence-electron chi connectivity index (χ1n) is 13.8. The van der Waals surface area contributed by atoms with Gasteiger partial charge in [0.05, 0.1) is 12.6 Å². The fourth-order valence-electron chi connectivity index (χ4n) is 5.83. The minimum absolute atomic E-state index is 0.0259. The molecule has 3 atom stereocenters. The summed E-state index contributed by atoms with van der Waals surface area (Å²) in [5, 5.41) is 6.30. The Labute approximate surface area is 228 Å². The predicted octanol–water partition coefficient (Wildman–Crippen LogP) is 1.33. The average Bonchev–Trinajstić information content (AvgIpc) is 3.55. The number of nitrogens with one attached hydrogen (secondary N) is 2. The van der Waals surface area contributed by atoms with Gasteiger partial charge in [0, 0.05) is 74.9 Å². The molecule has 5 rings (SSSR count). The zero-order valence-corrected chi connectivity index (χ0v) is 22.3. The number of ketones is 1. The molecule has 2 N–H and O–H groups in total. The summed E-state index contributed by atoms with van der Waals surface area (Å²) in [4.78, 5) is 61.1. The molecule has 0 saturated carbocycles. The van der Waals surface area contributed by atoms with Gasteiger partial charge in [-0.15, -0.1) is 0 Å². The second-order valence-electron chi connectivity index (χ2n) is 10.7. The van der Waals surface area contributed by atoms with E-state index < -0.39 is 6.04 Å². The lowest BCUT2D eigenvalue weighted by molar-refractivity contribution is -0.137. The Morgan fingerprint density at radius 1 is 1.00 bits per heavy atom. The van der Waals surface area contributed by atoms with E-state index in [0.717, 1.165) is 31.9 Å². The Kier molecular flexibility index (Phi) is 8.21. The number of anilines is 1. The van der Waals surface area contributed by atoms with E-state index in [9.17, 15) is 19.2 Å². The molecule has 3 saturated heterocycles. The summed E-state index contributed by atoms with van der Waals surface area (Å²) in [6.07, 6.45) is 4.65. The molecule has 1 aromatic carbocycles. The van der Waals surface area contributed by atoms with Gasteiger partial charge in [0.15, 0.2) is 5.78 Å². The van der Waals surface area contributed by atoms with Crippen molar-refractivity contribution in [2.24, 2.45) is 5.92 Å². The second-order valence-corrected chi connectivity index (χ2v) is 10.7. The van der Waals surface area contributed by atoms with Crippen LogP contribution >= 0.6 is 0 Å². The highest BCUT2D eigenvalue weighted by molar-refractivity contribution is 6.02. The van der Waals surface area contributed by atoms with Gasteiger partial charge in [0.25, 0.3) is 11.8 Å². The largest absolute Gasteiger partial charge is 0.369 e. The van der Waals surface area contributed by atoms with Gasteiger partial charge < -0.3 is 25.3 Å². The molecule has 2 aromatic rings. The van der Waals surface area contributed by atoms with Gasteiger partial charge in [-0.3, -0.25) is 24.2 Å². The van der Waals surface area contributed by atoms with E-state index >= 15 is 0 Å². The van der Waals surface area contributed by atoms with Crippen LogP contribution in [0.2, 0.25) is 0 Å². The van der Waals surface area contributed by atoms with Crippen molar-refractivity contribution < 1.29 is 19.2 Å². The molecule has 10 nitrogen and oxygen atoms in total. The third-order valence-corrected chi connectivity index (χ3v) is 7.99. The van der Waals surface area contributed by atoms with E-state index in [1.54, 1.807) is 34.3 Å². The summed E-state index contributed by atoms with van der Waals surface area (Å²) >= 11 is 0. The summed E-state index contributed by atoms with van der Waals surface area (Å²) in [7, 11) is 0. The van der Waals surface area contributed by atoms with E-state index in [2.05, 4.69) is 20.5 Å². The minimum Gasteiger partial charge on any atom is -0.369 e. The number of hydrogen-bond acceptors (Lipinski definition) is 7. The molecular weight excluding hydrogens is 496 g/mol. The van der Waals surface area contributed by atoms with Crippen LogP contribution < -0.4 is 15.5 Å². The van der Waals surface area contributed by atoms with Crippen LogP contribution in [0.5, 0.6) is 0 Å². The number of carbonyl (C=O) groups excluding carboxylic acids is 4. The number of rotatable bonds is 8. The molecule has 3 unspecified atom stereocenters. The minimum atomic E-state index is -0.570. The molecule has 0 aliphatic carbocycles. The van der Waals surface area contributed by atoms with Crippen LogP contribution in [0, 0.1) is 5.92 Å². The number of piperazine rings is 1. The van der Waals surface area contributed by atoms with Crippen molar-refractivity contribution in [2.75, 3.05) is 50.7 Å². The van der Waals surface area contributed by atoms with Crippen LogP contribution in [-0.4, -0.2) is 96.2 Å². The fraction of sp³-hybridized carbons (Fsp3) is 0.483. The fourth-order valence-corrected chi connectivity index (χ4v) is 5.83. The summed E-state index contributed by atoms with van der Waals surface area (Å²) < 4.78 is 0. The SMILES string of the molecule is CC(CCNC(=O)c1ccc(N2CCNCC2)cc1)CC(=O)N1CCC2C1C(=O)CN2C(=O)c1ccncc1. The van der Waals surface area contributed by atoms with Crippen LogP contribution in [0.1, 0.15) is 46.9 Å². The highest BCUT2D eigenvalue weighted by atomic mass is 16.2. The Bertz CT molecular complexity index is 1200. The maximum atomic E-state index is 13.1. The number of likely N-dealkylation sites (tertiary alicyclic amines) is 2. The number of pyridine rings is 1. The van der Waals surface area contributed by atoms with Gasteiger partial charge in [0.2, 0.25) is 5.91 Å². The molecule has 0 radical (unpaired) electrons. The molecule has 206 valence electrons. The smallest absolute Gasteiger partial charge is 0.254 e. The summed E-state index contributed by atoms with van der Waals surface area (Å²) in [6, 6.07) is 10.1. The van der Waals surface area contributed by atoms with E-state index in [4.69, 9.17) is 0 Å². The Morgan fingerprint density at radius 3 is 2.44 bits per heavy atom. The zero-order valence-electron chi connectivity index (χ0n) is 22.3. The average molecular weight is 533 g/mol.